The second-order valence-electron chi connectivity index (χ2n) is 10.7. The van der Waals surface area contributed by atoms with Crippen molar-refractivity contribution < 1.29 is 18.8 Å². The number of esters is 1. The Morgan fingerprint density at radius 2 is 1.44 bits per heavy atom. The average Bonchev–Trinajstić information content (AvgIpc) is 2.98. The zero-order valence-corrected chi connectivity index (χ0v) is 26.3. The molecule has 0 unspecified atom stereocenters. The van der Waals surface area contributed by atoms with E-state index in [4.69, 9.17) is 4.43 Å². The van der Waals surface area contributed by atoms with Gasteiger partial charge < -0.3 is 14.5 Å². The molecule has 5 nitrogen and oxygen atoms in total. The maximum Gasteiger partial charge on any atom is 0.330 e. The third-order valence-electron chi connectivity index (χ3n) is 6.86. The maximum atomic E-state index is 12.9. The van der Waals surface area contributed by atoms with E-state index >= 15 is 0 Å². The summed E-state index contributed by atoms with van der Waals surface area (Å²) in [6, 6.07) is 34.3. The number of carbonyl (C=O) groups excluding carboxylic acids is 2. The number of methoxy groups -OCH3 is 1. The van der Waals surface area contributed by atoms with E-state index < -0.39 is 14.3 Å². The Hall–Kier alpha value is -3.94. The van der Waals surface area contributed by atoms with Crippen molar-refractivity contribution in [3.63, 3.8) is 0 Å². The van der Waals surface area contributed by atoms with Gasteiger partial charge in [0, 0.05) is 22.7 Å². The van der Waals surface area contributed by atoms with Crippen LogP contribution < -0.4 is 20.1 Å². The summed E-state index contributed by atoms with van der Waals surface area (Å²) in [5, 5.41) is 5.27. The van der Waals surface area contributed by atoms with Crippen LogP contribution in [-0.4, -0.2) is 27.3 Å². The van der Waals surface area contributed by atoms with Crippen molar-refractivity contribution >= 4 is 52.6 Å². The molecule has 0 atom stereocenters. The summed E-state index contributed by atoms with van der Waals surface area (Å²) < 4.78 is 12.4. The molecule has 41 heavy (non-hydrogen) atoms. The highest BCUT2D eigenvalue weighted by Gasteiger charge is 2.52. The quantitative estimate of drug-likeness (QED) is 0.131. The number of ether oxygens (including phenoxy) is 1. The summed E-state index contributed by atoms with van der Waals surface area (Å²) >= 11 is 3.44. The first kappa shape index (κ1) is 30.0. The second kappa shape index (κ2) is 13.1. The molecule has 0 saturated carbocycles. The van der Waals surface area contributed by atoms with Gasteiger partial charge in [0.1, 0.15) is 5.75 Å². The van der Waals surface area contributed by atoms with Gasteiger partial charge in [0.15, 0.2) is 0 Å². The van der Waals surface area contributed by atoms with E-state index in [1.54, 1.807) is 18.2 Å². The van der Waals surface area contributed by atoms with Crippen LogP contribution in [0.15, 0.2) is 114 Å². The highest BCUT2D eigenvalue weighted by atomic mass is 79.9. The Bertz CT molecular complexity index is 1470. The lowest BCUT2D eigenvalue weighted by atomic mass is 10.1. The van der Waals surface area contributed by atoms with Gasteiger partial charge >= 0.3 is 14.3 Å². The first-order chi connectivity index (χ1) is 19.6. The summed E-state index contributed by atoms with van der Waals surface area (Å²) in [5.41, 5.74) is 2.14. The lowest BCUT2D eigenvalue weighted by Crippen LogP contribution is -2.68. The fraction of sp³-hybridized carbons (Fsp3) is 0.176. The molecule has 0 aliphatic carbocycles. The summed E-state index contributed by atoms with van der Waals surface area (Å²) in [7, 11) is -1.40. The van der Waals surface area contributed by atoms with Crippen LogP contribution in [0.5, 0.6) is 5.75 Å². The van der Waals surface area contributed by atoms with Crippen LogP contribution in [0.4, 0.5) is 0 Å². The number of benzene rings is 4. The predicted octanol–water partition coefficient (Wildman–Crippen LogP) is 6.50. The first-order valence-electron chi connectivity index (χ1n) is 13.4. The van der Waals surface area contributed by atoms with Crippen LogP contribution in [0.25, 0.3) is 6.08 Å². The van der Waals surface area contributed by atoms with E-state index in [1.807, 2.05) is 42.5 Å². The van der Waals surface area contributed by atoms with Crippen LogP contribution in [0.1, 0.15) is 42.3 Å². The van der Waals surface area contributed by atoms with Crippen LogP contribution in [0.2, 0.25) is 5.04 Å². The third-order valence-corrected chi connectivity index (χ3v) is 12.3. The monoisotopic (exact) mass is 627 g/mol. The summed E-state index contributed by atoms with van der Waals surface area (Å²) in [6.45, 7) is 7.11. The van der Waals surface area contributed by atoms with Crippen molar-refractivity contribution in [3.8, 4) is 5.75 Å². The number of nitrogens with one attached hydrogen (secondary N) is 1. The Morgan fingerprint density at radius 1 is 0.854 bits per heavy atom. The Labute approximate surface area is 251 Å². The molecule has 1 amide bonds. The summed E-state index contributed by atoms with van der Waals surface area (Å²) in [6.07, 6.45) is 2.93. The van der Waals surface area contributed by atoms with Gasteiger partial charge in [-0.2, -0.15) is 0 Å². The smallest absolute Gasteiger partial charge is 0.330 e. The zero-order chi connectivity index (χ0) is 29.5. The molecule has 7 heteroatoms. The van der Waals surface area contributed by atoms with Gasteiger partial charge in [0.25, 0.3) is 5.91 Å². The van der Waals surface area contributed by atoms with Gasteiger partial charge in [-0.05, 0) is 62.9 Å². The molecule has 4 aromatic carbocycles. The number of rotatable bonds is 9. The molecule has 0 aromatic heterocycles. The van der Waals surface area contributed by atoms with E-state index in [9.17, 15) is 9.59 Å². The lowest BCUT2D eigenvalue weighted by Gasteiger charge is -2.43. The largest absolute Gasteiger partial charge is 0.534 e. The fourth-order valence-electron chi connectivity index (χ4n) is 4.86. The second-order valence-corrected chi connectivity index (χ2v) is 15.9. The van der Waals surface area contributed by atoms with E-state index in [0.717, 1.165) is 15.8 Å². The van der Waals surface area contributed by atoms with Crippen LogP contribution >= 0.6 is 15.9 Å². The summed E-state index contributed by atoms with van der Waals surface area (Å²) in [5.74, 6) is 0.119. The van der Waals surface area contributed by atoms with Crippen molar-refractivity contribution in [1.82, 2.24) is 5.32 Å². The third kappa shape index (κ3) is 7.23. The van der Waals surface area contributed by atoms with Crippen molar-refractivity contribution in [2.75, 3.05) is 7.11 Å². The van der Waals surface area contributed by atoms with Crippen molar-refractivity contribution in [3.05, 3.63) is 130 Å². The van der Waals surface area contributed by atoms with E-state index in [1.165, 1.54) is 23.6 Å². The zero-order valence-electron chi connectivity index (χ0n) is 23.7. The standard InChI is InChI=1S/C34H34BrNO4Si/c1-34(2,3)41(30-11-7-5-8-12-30,31-13-9-6-10-14-31)40-29-18-15-25(16-19-29)24-36-33(38)27-21-26(22-28(35)23-27)17-20-32(37)39-4/h5-23H,24H2,1-4H3,(H,36,38)/b20-17+. The molecule has 0 saturated heterocycles. The SMILES string of the molecule is COC(=O)/C=C/c1cc(Br)cc(C(=O)NCc2ccc(O[Si](c3ccccc3)(c3ccccc3)C(C)(C)C)cc2)c1. The molecule has 0 spiro atoms. The van der Waals surface area contributed by atoms with Crippen molar-refractivity contribution in [2.24, 2.45) is 0 Å². The molecule has 1 N–H and O–H groups in total. The van der Waals surface area contributed by atoms with Gasteiger partial charge in [-0.15, -0.1) is 0 Å². The normalized spacial score (nSPS) is 11.7. The fourth-order valence-corrected chi connectivity index (χ4v) is 9.79. The Kier molecular flexibility index (Phi) is 9.63. The van der Waals surface area contributed by atoms with E-state index in [2.05, 4.69) is 95.3 Å². The highest BCUT2D eigenvalue weighted by Crippen LogP contribution is 2.37. The van der Waals surface area contributed by atoms with Gasteiger partial charge in [-0.1, -0.05) is 109 Å². The van der Waals surface area contributed by atoms with Gasteiger partial charge in [0.05, 0.1) is 7.11 Å². The van der Waals surface area contributed by atoms with Crippen molar-refractivity contribution in [2.45, 2.75) is 32.4 Å². The Balaban J connectivity index is 1.53. The molecule has 4 rings (SSSR count). The highest BCUT2D eigenvalue weighted by molar-refractivity contribution is 9.10. The van der Waals surface area contributed by atoms with Crippen LogP contribution in [0, 0.1) is 0 Å². The Morgan fingerprint density at radius 3 is 1.98 bits per heavy atom. The molecule has 210 valence electrons. The number of carbonyl (C=O) groups is 2. The van der Waals surface area contributed by atoms with E-state index in [-0.39, 0.29) is 10.9 Å². The molecule has 0 fully saturated rings. The summed E-state index contributed by atoms with van der Waals surface area (Å²) in [4.78, 5) is 24.4. The lowest BCUT2D eigenvalue weighted by molar-refractivity contribution is -0.134. The van der Waals surface area contributed by atoms with Gasteiger partial charge in [0.2, 0.25) is 0 Å². The first-order valence-corrected chi connectivity index (χ1v) is 16.1. The molecule has 0 aliphatic rings. The minimum Gasteiger partial charge on any atom is -0.534 e. The number of hydrogen-bond acceptors (Lipinski definition) is 4. The predicted molar refractivity (Wildman–Crippen MR) is 171 cm³/mol. The molecule has 4 aromatic rings. The number of halogens is 1. The molecular weight excluding hydrogens is 594 g/mol. The number of hydrogen-bond donors (Lipinski definition) is 1. The van der Waals surface area contributed by atoms with Gasteiger partial charge in [-0.25, -0.2) is 4.79 Å². The molecule has 0 radical (unpaired) electrons. The average molecular weight is 629 g/mol. The van der Waals surface area contributed by atoms with Gasteiger partial charge in [-0.3, -0.25) is 4.79 Å². The van der Waals surface area contributed by atoms with Crippen LogP contribution in [0.3, 0.4) is 0 Å². The molecule has 0 aliphatic heterocycles. The van der Waals surface area contributed by atoms with Crippen molar-refractivity contribution in [1.29, 1.82) is 0 Å². The minimum atomic E-state index is -2.72. The molecular formula is C34H34BrNO4Si. The molecule has 0 bridgehead atoms. The van der Waals surface area contributed by atoms with E-state index in [0.29, 0.717) is 17.7 Å². The number of amides is 1. The minimum absolute atomic E-state index is 0.142. The maximum absolute atomic E-state index is 12.9. The topological polar surface area (TPSA) is 64.6 Å². The molecule has 0 heterocycles. The van der Waals surface area contributed by atoms with Crippen LogP contribution in [-0.2, 0) is 16.1 Å².